The molecule has 0 bridgehead atoms. The molecule has 1 aromatic heterocycles. The second-order valence-electron chi connectivity index (χ2n) is 5.34. The Balaban J connectivity index is 1.74. The lowest BCUT2D eigenvalue weighted by Gasteiger charge is -2.16. The molecule has 1 aliphatic rings. The van der Waals surface area contributed by atoms with E-state index in [1.165, 1.54) is 25.7 Å². The Bertz CT molecular complexity index is 587. The molecule has 106 valence electrons. The summed E-state index contributed by atoms with van der Waals surface area (Å²) in [4.78, 5) is 0. The summed E-state index contributed by atoms with van der Waals surface area (Å²) in [6.07, 6.45) is 5.10. The minimum atomic E-state index is 0.571. The van der Waals surface area contributed by atoms with Crippen molar-refractivity contribution in [3.63, 3.8) is 0 Å². The summed E-state index contributed by atoms with van der Waals surface area (Å²) in [7, 11) is 0. The third kappa shape index (κ3) is 2.80. The molecule has 1 aliphatic carbocycles. The molecular formula is C15H19ClN4. The fourth-order valence-corrected chi connectivity index (χ4v) is 3.14. The number of nitrogens with one attached hydrogen (secondary N) is 1. The summed E-state index contributed by atoms with van der Waals surface area (Å²) < 4.78 is 2.30. The number of halogens is 1. The van der Waals surface area contributed by atoms with Crippen LogP contribution in [0.3, 0.4) is 0 Å². The highest BCUT2D eigenvalue weighted by Crippen LogP contribution is 2.31. The molecule has 4 nitrogen and oxygen atoms in total. The third-order valence-electron chi connectivity index (χ3n) is 3.90. The van der Waals surface area contributed by atoms with Crippen LogP contribution in [0.25, 0.3) is 0 Å². The van der Waals surface area contributed by atoms with E-state index < -0.39 is 0 Å². The first-order valence-corrected chi connectivity index (χ1v) is 7.51. The molecule has 0 unspecified atom stereocenters. The van der Waals surface area contributed by atoms with Gasteiger partial charge in [0, 0.05) is 16.8 Å². The van der Waals surface area contributed by atoms with E-state index in [9.17, 15) is 0 Å². The smallest absolute Gasteiger partial charge is 0.152 e. The average Bonchev–Trinajstić information content (AvgIpc) is 3.05. The van der Waals surface area contributed by atoms with E-state index in [4.69, 9.17) is 11.6 Å². The Morgan fingerprint density at radius 2 is 2.10 bits per heavy atom. The summed E-state index contributed by atoms with van der Waals surface area (Å²) in [5.41, 5.74) is 1.01. The zero-order valence-electron chi connectivity index (χ0n) is 11.6. The number of anilines is 1. The van der Waals surface area contributed by atoms with Gasteiger partial charge < -0.3 is 9.88 Å². The highest BCUT2D eigenvalue weighted by molar-refractivity contribution is 6.30. The Morgan fingerprint density at radius 1 is 1.30 bits per heavy atom. The van der Waals surface area contributed by atoms with Gasteiger partial charge in [-0.15, -0.1) is 10.2 Å². The van der Waals surface area contributed by atoms with E-state index in [0.717, 1.165) is 22.4 Å². The average molecular weight is 291 g/mol. The highest BCUT2D eigenvalue weighted by atomic mass is 35.5. The summed E-state index contributed by atoms with van der Waals surface area (Å²) in [5.74, 6) is 2.02. The number of benzene rings is 1. The van der Waals surface area contributed by atoms with E-state index in [-0.39, 0.29) is 0 Å². The minimum absolute atomic E-state index is 0.571. The lowest BCUT2D eigenvalue weighted by molar-refractivity contribution is 0.489. The Morgan fingerprint density at radius 3 is 2.85 bits per heavy atom. The number of hydrogen-bond acceptors (Lipinski definition) is 3. The van der Waals surface area contributed by atoms with Crippen molar-refractivity contribution in [2.45, 2.75) is 45.2 Å². The molecule has 1 aromatic carbocycles. The first-order valence-electron chi connectivity index (χ1n) is 7.14. The molecule has 1 fully saturated rings. The highest BCUT2D eigenvalue weighted by Gasteiger charge is 2.21. The van der Waals surface area contributed by atoms with Crippen LogP contribution in [-0.2, 0) is 6.54 Å². The van der Waals surface area contributed by atoms with Gasteiger partial charge in [-0.3, -0.25) is 0 Å². The van der Waals surface area contributed by atoms with Crippen LogP contribution in [0.15, 0.2) is 24.3 Å². The maximum atomic E-state index is 5.99. The quantitative estimate of drug-likeness (QED) is 0.926. The van der Waals surface area contributed by atoms with E-state index in [2.05, 4.69) is 20.1 Å². The number of aryl methyl sites for hydroxylation is 1. The molecule has 3 rings (SSSR count). The van der Waals surface area contributed by atoms with E-state index >= 15 is 0 Å². The molecule has 1 heterocycles. The molecule has 5 heteroatoms. The summed E-state index contributed by atoms with van der Waals surface area (Å²) in [6.45, 7) is 2.71. The monoisotopic (exact) mass is 290 g/mol. The van der Waals surface area contributed by atoms with Crippen molar-refractivity contribution in [1.82, 2.24) is 14.8 Å². The van der Waals surface area contributed by atoms with Crippen molar-refractivity contribution in [3.8, 4) is 0 Å². The predicted molar refractivity (Wildman–Crippen MR) is 81.0 cm³/mol. The lowest BCUT2D eigenvalue weighted by atomic mass is 10.2. The maximum absolute atomic E-state index is 5.99. The molecule has 0 amide bonds. The largest absolute Gasteiger partial charge is 0.378 e. The van der Waals surface area contributed by atoms with Crippen LogP contribution in [0.5, 0.6) is 0 Å². The predicted octanol–water partition coefficient (Wildman–Crippen LogP) is 3.97. The van der Waals surface area contributed by atoms with Gasteiger partial charge in [0.15, 0.2) is 5.82 Å². The summed E-state index contributed by atoms with van der Waals surface area (Å²) in [6, 6.07) is 8.32. The number of nitrogens with zero attached hydrogens (tertiary/aromatic N) is 3. The van der Waals surface area contributed by atoms with Crippen LogP contribution in [0, 0.1) is 6.92 Å². The van der Waals surface area contributed by atoms with Crippen molar-refractivity contribution < 1.29 is 0 Å². The van der Waals surface area contributed by atoms with Gasteiger partial charge in [0.25, 0.3) is 0 Å². The van der Waals surface area contributed by atoms with Gasteiger partial charge in [-0.2, -0.15) is 0 Å². The number of rotatable bonds is 4. The molecule has 20 heavy (non-hydrogen) atoms. The van der Waals surface area contributed by atoms with Gasteiger partial charge in [0.2, 0.25) is 0 Å². The van der Waals surface area contributed by atoms with Gasteiger partial charge in [-0.25, -0.2) is 0 Å². The topological polar surface area (TPSA) is 42.7 Å². The van der Waals surface area contributed by atoms with Crippen LogP contribution < -0.4 is 5.32 Å². The minimum Gasteiger partial charge on any atom is -0.378 e. The first kappa shape index (κ1) is 13.4. The van der Waals surface area contributed by atoms with E-state index in [1.807, 2.05) is 31.2 Å². The summed E-state index contributed by atoms with van der Waals surface area (Å²) >= 11 is 5.99. The Kier molecular flexibility index (Phi) is 3.92. The van der Waals surface area contributed by atoms with Crippen molar-refractivity contribution >= 4 is 17.3 Å². The van der Waals surface area contributed by atoms with Gasteiger partial charge in [0.1, 0.15) is 5.82 Å². The molecule has 0 atom stereocenters. The maximum Gasteiger partial charge on any atom is 0.152 e. The normalized spacial score (nSPS) is 15.7. The number of aromatic nitrogens is 3. The molecular weight excluding hydrogens is 272 g/mol. The molecule has 1 saturated carbocycles. The van der Waals surface area contributed by atoms with E-state index in [1.54, 1.807) is 0 Å². The van der Waals surface area contributed by atoms with Gasteiger partial charge in [-0.1, -0.05) is 30.5 Å². The zero-order chi connectivity index (χ0) is 13.9. The summed E-state index contributed by atoms with van der Waals surface area (Å²) in [5, 5.41) is 12.7. The molecule has 1 N–H and O–H groups in total. The van der Waals surface area contributed by atoms with Gasteiger partial charge in [-0.05, 0) is 38.0 Å². The standard InChI is InChI=1S/C15H19ClN4/c1-11-18-19-15(20(11)14-7-2-3-8-14)10-17-13-6-4-5-12(16)9-13/h4-6,9,14,17H,2-3,7-8,10H2,1H3. The van der Waals surface area contributed by atoms with Crippen molar-refractivity contribution in [2.75, 3.05) is 5.32 Å². The van der Waals surface area contributed by atoms with Crippen LogP contribution in [0.4, 0.5) is 5.69 Å². The fraction of sp³-hybridized carbons (Fsp3) is 0.467. The molecule has 0 aliphatic heterocycles. The molecule has 0 spiro atoms. The van der Waals surface area contributed by atoms with Crippen molar-refractivity contribution in [2.24, 2.45) is 0 Å². The van der Waals surface area contributed by atoms with E-state index in [0.29, 0.717) is 12.6 Å². The molecule has 0 radical (unpaired) electrons. The van der Waals surface area contributed by atoms with Gasteiger partial charge in [0.05, 0.1) is 6.54 Å². The van der Waals surface area contributed by atoms with Gasteiger partial charge >= 0.3 is 0 Å². The SMILES string of the molecule is Cc1nnc(CNc2cccc(Cl)c2)n1C1CCCC1. The van der Waals surface area contributed by atoms with Crippen molar-refractivity contribution in [3.05, 3.63) is 40.9 Å². The van der Waals surface area contributed by atoms with Crippen LogP contribution in [-0.4, -0.2) is 14.8 Å². The van der Waals surface area contributed by atoms with Crippen LogP contribution in [0.1, 0.15) is 43.4 Å². The fourth-order valence-electron chi connectivity index (χ4n) is 2.95. The van der Waals surface area contributed by atoms with Crippen molar-refractivity contribution in [1.29, 1.82) is 0 Å². The molecule has 2 aromatic rings. The second kappa shape index (κ2) is 5.83. The Hall–Kier alpha value is -1.55. The van der Waals surface area contributed by atoms with Crippen LogP contribution >= 0.6 is 11.6 Å². The third-order valence-corrected chi connectivity index (χ3v) is 4.14. The Labute approximate surface area is 124 Å². The lowest BCUT2D eigenvalue weighted by Crippen LogP contribution is -2.14. The zero-order valence-corrected chi connectivity index (χ0v) is 12.4. The second-order valence-corrected chi connectivity index (χ2v) is 5.77. The first-order chi connectivity index (χ1) is 9.74. The van der Waals surface area contributed by atoms with Crippen LogP contribution in [0.2, 0.25) is 5.02 Å². The molecule has 0 saturated heterocycles. The number of hydrogen-bond donors (Lipinski definition) is 1.